The molecule has 5 rings (SSSR count). The SMILES string of the molecule is N#Cc1nccc(Sc2ccc(Sc3ccnc(Cc4ccc(N5CCOCC5)cc4)n3)cc2)n1. The third-order valence-corrected chi connectivity index (χ3v) is 7.24. The molecule has 3 heterocycles. The van der Waals surface area contributed by atoms with Crippen LogP contribution in [0.15, 0.2) is 92.9 Å². The molecule has 0 spiro atoms. The van der Waals surface area contributed by atoms with E-state index in [1.54, 1.807) is 24.0 Å². The van der Waals surface area contributed by atoms with Crippen molar-refractivity contribution in [3.8, 4) is 6.07 Å². The van der Waals surface area contributed by atoms with Crippen LogP contribution >= 0.6 is 23.5 Å². The van der Waals surface area contributed by atoms with Gasteiger partial charge in [-0.1, -0.05) is 35.7 Å². The highest BCUT2D eigenvalue weighted by Gasteiger charge is 2.11. The largest absolute Gasteiger partial charge is 0.378 e. The monoisotopic (exact) mass is 498 g/mol. The van der Waals surface area contributed by atoms with Crippen molar-refractivity contribution in [2.45, 2.75) is 26.3 Å². The van der Waals surface area contributed by atoms with Gasteiger partial charge in [-0.05, 0) is 54.1 Å². The first-order valence-corrected chi connectivity index (χ1v) is 12.8. The number of aromatic nitrogens is 4. The second-order valence-electron chi connectivity index (χ2n) is 7.76. The fourth-order valence-corrected chi connectivity index (χ4v) is 5.19. The smallest absolute Gasteiger partial charge is 0.233 e. The van der Waals surface area contributed by atoms with Crippen LogP contribution in [0.5, 0.6) is 0 Å². The van der Waals surface area contributed by atoms with E-state index in [4.69, 9.17) is 15.0 Å². The number of morpholine rings is 1. The fourth-order valence-electron chi connectivity index (χ4n) is 3.62. The fraction of sp³-hybridized carbons (Fsp3) is 0.192. The van der Waals surface area contributed by atoms with Gasteiger partial charge in [0, 0.05) is 47.4 Å². The highest BCUT2D eigenvalue weighted by Crippen LogP contribution is 2.31. The Morgan fingerprint density at radius 2 is 1.43 bits per heavy atom. The molecule has 0 atom stereocenters. The number of rotatable bonds is 7. The molecule has 2 aromatic heterocycles. The van der Waals surface area contributed by atoms with E-state index >= 15 is 0 Å². The molecular formula is C26H22N6OS2. The molecule has 1 saturated heterocycles. The number of nitriles is 1. The zero-order valence-corrected chi connectivity index (χ0v) is 20.5. The van der Waals surface area contributed by atoms with Crippen molar-refractivity contribution < 1.29 is 4.74 Å². The lowest BCUT2D eigenvalue weighted by molar-refractivity contribution is 0.122. The van der Waals surface area contributed by atoms with Gasteiger partial charge >= 0.3 is 0 Å². The van der Waals surface area contributed by atoms with Crippen molar-refractivity contribution in [2.24, 2.45) is 0 Å². The van der Waals surface area contributed by atoms with E-state index in [-0.39, 0.29) is 5.82 Å². The van der Waals surface area contributed by atoms with Crippen LogP contribution in [0, 0.1) is 11.3 Å². The summed E-state index contributed by atoms with van der Waals surface area (Å²) in [6, 6.07) is 22.5. The third kappa shape index (κ3) is 6.36. The summed E-state index contributed by atoms with van der Waals surface area (Å²) in [6.07, 6.45) is 4.11. The molecule has 9 heteroatoms. The maximum Gasteiger partial charge on any atom is 0.233 e. The van der Waals surface area contributed by atoms with Crippen molar-refractivity contribution in [3.05, 3.63) is 90.3 Å². The van der Waals surface area contributed by atoms with Crippen molar-refractivity contribution in [1.82, 2.24) is 19.9 Å². The predicted molar refractivity (Wildman–Crippen MR) is 136 cm³/mol. The van der Waals surface area contributed by atoms with Crippen molar-refractivity contribution in [1.29, 1.82) is 5.26 Å². The Labute approximate surface area is 212 Å². The van der Waals surface area contributed by atoms with Crippen molar-refractivity contribution in [3.63, 3.8) is 0 Å². The number of ether oxygens (including phenoxy) is 1. The average Bonchev–Trinajstić information content (AvgIpc) is 2.91. The van der Waals surface area contributed by atoms with Gasteiger partial charge in [0.1, 0.15) is 21.9 Å². The zero-order valence-electron chi connectivity index (χ0n) is 18.9. The third-order valence-electron chi connectivity index (χ3n) is 5.35. The zero-order chi connectivity index (χ0) is 23.9. The van der Waals surface area contributed by atoms with Gasteiger partial charge in [0.2, 0.25) is 5.82 Å². The molecule has 2 aromatic carbocycles. The number of anilines is 1. The molecule has 0 aliphatic carbocycles. The molecule has 0 N–H and O–H groups in total. The summed E-state index contributed by atoms with van der Waals surface area (Å²) in [5, 5.41) is 10.6. The van der Waals surface area contributed by atoms with Crippen LogP contribution < -0.4 is 4.90 Å². The summed E-state index contributed by atoms with van der Waals surface area (Å²) in [6.45, 7) is 3.44. The lowest BCUT2D eigenvalue weighted by Gasteiger charge is -2.28. The second kappa shape index (κ2) is 11.3. The molecule has 0 radical (unpaired) electrons. The average molecular weight is 499 g/mol. The van der Waals surface area contributed by atoms with Crippen LogP contribution in [0.25, 0.3) is 0 Å². The van der Waals surface area contributed by atoms with Crippen LogP contribution in [0.1, 0.15) is 17.2 Å². The molecule has 7 nitrogen and oxygen atoms in total. The first kappa shape index (κ1) is 23.3. The van der Waals surface area contributed by atoms with Gasteiger partial charge in [-0.3, -0.25) is 0 Å². The first-order valence-electron chi connectivity index (χ1n) is 11.2. The van der Waals surface area contributed by atoms with Gasteiger partial charge in [0.05, 0.1) is 13.2 Å². The minimum absolute atomic E-state index is 0.176. The minimum atomic E-state index is 0.176. The Bertz CT molecular complexity index is 1320. The molecular weight excluding hydrogens is 476 g/mol. The summed E-state index contributed by atoms with van der Waals surface area (Å²) in [4.78, 5) is 21.8. The standard InChI is InChI=1S/C26H22N6OS2/c27-18-24-29-12-10-26(31-24)35-22-7-5-21(6-8-22)34-25-9-11-28-23(30-25)17-19-1-3-20(4-2-19)32-13-15-33-16-14-32/h1-12H,13-17H2. The van der Waals surface area contributed by atoms with Crippen molar-refractivity contribution >= 4 is 29.2 Å². The first-order chi connectivity index (χ1) is 17.2. The Balaban J connectivity index is 1.20. The van der Waals surface area contributed by atoms with Gasteiger partial charge in [-0.15, -0.1) is 0 Å². The summed E-state index contributed by atoms with van der Waals surface area (Å²) >= 11 is 3.11. The van der Waals surface area contributed by atoms with Gasteiger partial charge in [-0.2, -0.15) is 5.26 Å². The maximum absolute atomic E-state index is 8.96. The van der Waals surface area contributed by atoms with Gasteiger partial charge in [0.25, 0.3) is 0 Å². The van der Waals surface area contributed by atoms with E-state index in [2.05, 4.69) is 56.3 Å². The van der Waals surface area contributed by atoms with E-state index in [0.29, 0.717) is 6.42 Å². The molecule has 1 fully saturated rings. The van der Waals surface area contributed by atoms with Crippen LogP contribution in [-0.4, -0.2) is 46.2 Å². The molecule has 0 amide bonds. The van der Waals surface area contributed by atoms with Gasteiger partial charge in [0.15, 0.2) is 0 Å². The van der Waals surface area contributed by atoms with Crippen LogP contribution in [0.4, 0.5) is 5.69 Å². The number of nitrogens with zero attached hydrogens (tertiary/aromatic N) is 6. The summed E-state index contributed by atoms with van der Waals surface area (Å²) in [5.41, 5.74) is 2.42. The number of benzene rings is 2. The quantitative estimate of drug-likeness (QED) is 0.331. The Morgan fingerprint density at radius 1 is 0.800 bits per heavy atom. The predicted octanol–water partition coefficient (Wildman–Crippen LogP) is 4.87. The summed E-state index contributed by atoms with van der Waals surface area (Å²) < 4.78 is 5.44. The number of hydrogen-bond acceptors (Lipinski definition) is 9. The molecule has 0 unspecified atom stereocenters. The summed E-state index contributed by atoms with van der Waals surface area (Å²) in [5.74, 6) is 0.980. The lowest BCUT2D eigenvalue weighted by atomic mass is 10.1. The molecule has 174 valence electrons. The van der Waals surface area contributed by atoms with E-state index in [9.17, 15) is 0 Å². The minimum Gasteiger partial charge on any atom is -0.378 e. The Hall–Kier alpha value is -3.45. The summed E-state index contributed by atoms with van der Waals surface area (Å²) in [7, 11) is 0. The normalized spacial score (nSPS) is 13.4. The van der Waals surface area contributed by atoms with Gasteiger partial charge < -0.3 is 9.64 Å². The molecule has 35 heavy (non-hydrogen) atoms. The Morgan fingerprint density at radius 3 is 2.09 bits per heavy atom. The molecule has 1 aliphatic heterocycles. The molecule has 4 aromatic rings. The maximum atomic E-state index is 8.96. The molecule has 0 saturated carbocycles. The van der Waals surface area contributed by atoms with Crippen LogP contribution in [-0.2, 0) is 11.2 Å². The highest BCUT2D eigenvalue weighted by atomic mass is 32.2. The highest BCUT2D eigenvalue weighted by molar-refractivity contribution is 7.99. The van der Waals surface area contributed by atoms with E-state index in [0.717, 1.165) is 52.0 Å². The van der Waals surface area contributed by atoms with E-state index < -0.39 is 0 Å². The van der Waals surface area contributed by atoms with Crippen LogP contribution in [0.2, 0.25) is 0 Å². The Kier molecular flexibility index (Phi) is 7.53. The van der Waals surface area contributed by atoms with E-state index in [1.165, 1.54) is 23.0 Å². The molecule has 0 bridgehead atoms. The number of hydrogen-bond donors (Lipinski definition) is 0. The molecule has 1 aliphatic rings. The lowest BCUT2D eigenvalue weighted by Crippen LogP contribution is -2.36. The van der Waals surface area contributed by atoms with Crippen molar-refractivity contribution in [2.75, 3.05) is 31.2 Å². The van der Waals surface area contributed by atoms with Gasteiger partial charge in [-0.25, -0.2) is 19.9 Å². The van der Waals surface area contributed by atoms with E-state index in [1.807, 2.05) is 30.5 Å². The second-order valence-corrected chi connectivity index (χ2v) is 9.95. The van der Waals surface area contributed by atoms with Crippen LogP contribution in [0.3, 0.4) is 0 Å². The topological polar surface area (TPSA) is 87.8 Å².